The highest BCUT2D eigenvalue weighted by Gasteiger charge is 2.11. The number of aryl methyl sites for hydroxylation is 1. The Balaban J connectivity index is 1.71. The van der Waals surface area contributed by atoms with Crippen molar-refractivity contribution in [1.29, 1.82) is 0 Å². The molecule has 118 valence electrons. The number of amides is 1. The van der Waals surface area contributed by atoms with Crippen molar-refractivity contribution in [2.24, 2.45) is 0 Å². The Bertz CT molecular complexity index is 883. The van der Waals surface area contributed by atoms with Gasteiger partial charge in [0, 0.05) is 12.7 Å². The highest BCUT2D eigenvalue weighted by molar-refractivity contribution is 5.79. The second-order valence-corrected chi connectivity index (χ2v) is 5.27. The molecule has 2 aromatic heterocycles. The SMILES string of the molecule is Cc1nc2ccccc2c(=O)n1CC(=O)NCCc1cn[nH]c1. The van der Waals surface area contributed by atoms with Crippen LogP contribution >= 0.6 is 0 Å². The molecular weight excluding hydrogens is 294 g/mol. The van der Waals surface area contributed by atoms with Gasteiger partial charge in [-0.2, -0.15) is 5.10 Å². The molecule has 0 bridgehead atoms. The predicted molar refractivity (Wildman–Crippen MR) is 86.0 cm³/mol. The van der Waals surface area contributed by atoms with Crippen molar-refractivity contribution >= 4 is 16.8 Å². The number of nitrogens with one attached hydrogen (secondary N) is 2. The Morgan fingerprint density at radius 2 is 2.17 bits per heavy atom. The van der Waals surface area contributed by atoms with Gasteiger partial charge in [-0.15, -0.1) is 0 Å². The minimum Gasteiger partial charge on any atom is -0.354 e. The van der Waals surface area contributed by atoms with Gasteiger partial charge < -0.3 is 5.32 Å². The highest BCUT2D eigenvalue weighted by Crippen LogP contribution is 2.07. The molecule has 0 aliphatic heterocycles. The van der Waals surface area contributed by atoms with Crippen LogP contribution < -0.4 is 10.9 Å². The molecule has 0 saturated carbocycles. The van der Waals surface area contributed by atoms with Crippen LogP contribution in [-0.4, -0.2) is 32.2 Å². The van der Waals surface area contributed by atoms with Crippen LogP contribution in [0, 0.1) is 6.92 Å². The average molecular weight is 311 g/mol. The van der Waals surface area contributed by atoms with E-state index in [0.29, 0.717) is 29.7 Å². The topological polar surface area (TPSA) is 92.7 Å². The minimum absolute atomic E-state index is 0.0338. The van der Waals surface area contributed by atoms with Crippen LogP contribution in [0.15, 0.2) is 41.5 Å². The molecule has 0 radical (unpaired) electrons. The van der Waals surface area contributed by atoms with Crippen molar-refractivity contribution in [1.82, 2.24) is 25.1 Å². The minimum atomic E-state index is -0.212. The number of rotatable bonds is 5. The van der Waals surface area contributed by atoms with Gasteiger partial charge in [-0.25, -0.2) is 4.98 Å². The summed E-state index contributed by atoms with van der Waals surface area (Å²) in [5.41, 5.74) is 1.47. The van der Waals surface area contributed by atoms with Crippen LogP contribution in [0.2, 0.25) is 0 Å². The van der Waals surface area contributed by atoms with Gasteiger partial charge in [0.15, 0.2) is 0 Å². The average Bonchev–Trinajstić information content (AvgIpc) is 3.05. The summed E-state index contributed by atoms with van der Waals surface area (Å²) in [6.07, 6.45) is 4.19. The van der Waals surface area contributed by atoms with E-state index in [0.717, 1.165) is 5.56 Å². The number of para-hydroxylation sites is 1. The lowest BCUT2D eigenvalue weighted by molar-refractivity contribution is -0.121. The lowest BCUT2D eigenvalue weighted by Gasteiger charge is -2.11. The van der Waals surface area contributed by atoms with Crippen LogP contribution in [-0.2, 0) is 17.8 Å². The van der Waals surface area contributed by atoms with Gasteiger partial charge in [0.25, 0.3) is 5.56 Å². The first-order valence-electron chi connectivity index (χ1n) is 7.35. The van der Waals surface area contributed by atoms with Crippen molar-refractivity contribution in [2.75, 3.05) is 6.54 Å². The fourth-order valence-electron chi connectivity index (χ4n) is 2.43. The second-order valence-electron chi connectivity index (χ2n) is 5.27. The molecule has 0 spiro atoms. The molecule has 2 heterocycles. The third-order valence-electron chi connectivity index (χ3n) is 3.64. The van der Waals surface area contributed by atoms with Crippen molar-refractivity contribution in [3.8, 4) is 0 Å². The van der Waals surface area contributed by atoms with E-state index in [2.05, 4.69) is 20.5 Å². The van der Waals surface area contributed by atoms with Crippen LogP contribution in [0.4, 0.5) is 0 Å². The highest BCUT2D eigenvalue weighted by atomic mass is 16.2. The first-order chi connectivity index (χ1) is 11.1. The summed E-state index contributed by atoms with van der Waals surface area (Å²) in [5, 5.41) is 9.89. The molecule has 2 N–H and O–H groups in total. The normalized spacial score (nSPS) is 10.8. The number of hydrogen-bond acceptors (Lipinski definition) is 4. The van der Waals surface area contributed by atoms with Crippen LogP contribution in [0.5, 0.6) is 0 Å². The summed E-state index contributed by atoms with van der Waals surface area (Å²) < 4.78 is 1.40. The van der Waals surface area contributed by atoms with E-state index in [1.54, 1.807) is 37.5 Å². The van der Waals surface area contributed by atoms with Gasteiger partial charge in [0.05, 0.1) is 17.1 Å². The van der Waals surface area contributed by atoms with Gasteiger partial charge in [-0.1, -0.05) is 12.1 Å². The maximum atomic E-state index is 12.5. The molecule has 3 aromatic rings. The molecule has 0 aliphatic rings. The third kappa shape index (κ3) is 3.28. The van der Waals surface area contributed by atoms with E-state index in [9.17, 15) is 9.59 Å². The molecule has 1 amide bonds. The van der Waals surface area contributed by atoms with Crippen molar-refractivity contribution in [2.45, 2.75) is 19.9 Å². The molecule has 0 aliphatic carbocycles. The summed E-state index contributed by atoms with van der Waals surface area (Å²) in [6.45, 7) is 2.19. The van der Waals surface area contributed by atoms with Gasteiger partial charge in [-0.3, -0.25) is 19.3 Å². The van der Waals surface area contributed by atoms with E-state index >= 15 is 0 Å². The third-order valence-corrected chi connectivity index (χ3v) is 3.64. The number of benzene rings is 1. The smallest absolute Gasteiger partial charge is 0.261 e. The summed E-state index contributed by atoms with van der Waals surface area (Å²) >= 11 is 0. The van der Waals surface area contributed by atoms with E-state index in [1.807, 2.05) is 6.07 Å². The Labute approximate surface area is 132 Å². The maximum Gasteiger partial charge on any atom is 0.261 e. The monoisotopic (exact) mass is 311 g/mol. The molecular formula is C16H17N5O2. The number of carbonyl (C=O) groups is 1. The fraction of sp³-hybridized carbons (Fsp3) is 0.250. The maximum absolute atomic E-state index is 12.5. The number of hydrogen-bond donors (Lipinski definition) is 2. The number of fused-ring (bicyclic) bond motifs is 1. The zero-order valence-corrected chi connectivity index (χ0v) is 12.7. The standard InChI is InChI=1S/C16H17N5O2/c1-11-20-14-5-3-2-4-13(14)16(23)21(11)10-15(22)17-7-6-12-8-18-19-9-12/h2-5,8-9H,6-7,10H2,1H3,(H,17,22)(H,18,19). The molecule has 7 heteroatoms. The summed E-state index contributed by atoms with van der Waals surface area (Å²) in [5.74, 6) is 0.314. The second kappa shape index (κ2) is 6.43. The van der Waals surface area contributed by atoms with Gasteiger partial charge in [-0.05, 0) is 31.0 Å². The molecule has 0 unspecified atom stereocenters. The van der Waals surface area contributed by atoms with Crippen molar-refractivity contribution < 1.29 is 4.79 Å². The molecule has 7 nitrogen and oxygen atoms in total. The number of aromatic nitrogens is 4. The molecule has 1 aromatic carbocycles. The van der Waals surface area contributed by atoms with Crippen molar-refractivity contribution in [3.05, 3.63) is 58.4 Å². The van der Waals surface area contributed by atoms with E-state index in [-0.39, 0.29) is 18.0 Å². The molecule has 3 rings (SSSR count). The lowest BCUT2D eigenvalue weighted by Crippen LogP contribution is -2.34. The molecule has 0 saturated heterocycles. The Hall–Kier alpha value is -2.96. The zero-order chi connectivity index (χ0) is 16.2. The van der Waals surface area contributed by atoms with Gasteiger partial charge >= 0.3 is 0 Å². The summed E-state index contributed by atoms with van der Waals surface area (Å²) in [7, 11) is 0. The van der Waals surface area contributed by atoms with Crippen LogP contribution in [0.3, 0.4) is 0 Å². The lowest BCUT2D eigenvalue weighted by atomic mass is 10.2. The summed E-state index contributed by atoms with van der Waals surface area (Å²) in [4.78, 5) is 28.9. The number of carbonyl (C=O) groups excluding carboxylic acids is 1. The van der Waals surface area contributed by atoms with E-state index in [1.165, 1.54) is 4.57 Å². The summed E-state index contributed by atoms with van der Waals surface area (Å²) in [6, 6.07) is 7.13. The Morgan fingerprint density at radius 1 is 1.35 bits per heavy atom. The van der Waals surface area contributed by atoms with Crippen molar-refractivity contribution in [3.63, 3.8) is 0 Å². The van der Waals surface area contributed by atoms with E-state index in [4.69, 9.17) is 0 Å². The zero-order valence-electron chi connectivity index (χ0n) is 12.7. The number of nitrogens with zero attached hydrogens (tertiary/aromatic N) is 3. The first-order valence-corrected chi connectivity index (χ1v) is 7.35. The Morgan fingerprint density at radius 3 is 2.96 bits per heavy atom. The largest absolute Gasteiger partial charge is 0.354 e. The van der Waals surface area contributed by atoms with Gasteiger partial charge in [0.2, 0.25) is 5.91 Å². The first kappa shape index (κ1) is 15.0. The van der Waals surface area contributed by atoms with Crippen LogP contribution in [0.1, 0.15) is 11.4 Å². The Kier molecular flexibility index (Phi) is 4.18. The predicted octanol–water partition coefficient (Wildman–Crippen LogP) is 0.787. The molecule has 23 heavy (non-hydrogen) atoms. The number of aromatic amines is 1. The van der Waals surface area contributed by atoms with Gasteiger partial charge in [0.1, 0.15) is 12.4 Å². The van der Waals surface area contributed by atoms with Crippen LogP contribution in [0.25, 0.3) is 10.9 Å². The quantitative estimate of drug-likeness (QED) is 0.728. The van der Waals surface area contributed by atoms with E-state index < -0.39 is 0 Å². The molecule has 0 fully saturated rings. The number of H-pyrrole nitrogens is 1. The fourth-order valence-corrected chi connectivity index (χ4v) is 2.43. The molecule has 0 atom stereocenters.